The van der Waals surface area contributed by atoms with E-state index in [4.69, 9.17) is 4.74 Å². The van der Waals surface area contributed by atoms with E-state index in [-0.39, 0.29) is 24.2 Å². The maximum atomic E-state index is 13.5. The minimum Gasteiger partial charge on any atom is -0.495 e. The van der Waals surface area contributed by atoms with Gasteiger partial charge >= 0.3 is 0 Å². The Morgan fingerprint density at radius 3 is 2.56 bits per heavy atom. The second-order valence-corrected chi connectivity index (χ2v) is 5.36. The van der Waals surface area contributed by atoms with Gasteiger partial charge in [-0.2, -0.15) is 0 Å². The van der Waals surface area contributed by atoms with Gasteiger partial charge in [0.25, 0.3) is 5.91 Å². The molecule has 0 saturated heterocycles. The van der Waals surface area contributed by atoms with Crippen molar-refractivity contribution in [2.75, 3.05) is 31.3 Å². The molecule has 2 amide bonds. The molecule has 0 aliphatic carbocycles. The Morgan fingerprint density at radius 2 is 1.92 bits per heavy atom. The van der Waals surface area contributed by atoms with Gasteiger partial charge < -0.3 is 20.7 Å². The highest BCUT2D eigenvalue weighted by molar-refractivity contribution is 5.96. The predicted octanol–water partition coefficient (Wildman–Crippen LogP) is 2.55. The molecular weight excluding hydrogens is 325 g/mol. The first-order chi connectivity index (χ1) is 11.9. The number of carbonyl (C=O) groups is 2. The summed E-state index contributed by atoms with van der Waals surface area (Å²) in [6.45, 7) is 1.58. The molecule has 2 aromatic rings. The molecule has 2 aromatic carbocycles. The molecule has 0 aliphatic rings. The average Bonchev–Trinajstić information content (AvgIpc) is 2.62. The highest BCUT2D eigenvalue weighted by atomic mass is 19.1. The zero-order valence-corrected chi connectivity index (χ0v) is 14.3. The van der Waals surface area contributed by atoms with Crippen molar-refractivity contribution in [3.8, 4) is 5.75 Å². The van der Waals surface area contributed by atoms with Crippen LogP contribution in [0.4, 0.5) is 15.8 Å². The zero-order valence-electron chi connectivity index (χ0n) is 14.3. The fraction of sp³-hybridized carbons (Fsp3) is 0.222. The fourth-order valence-corrected chi connectivity index (χ4v) is 2.18. The molecule has 0 saturated carbocycles. The first-order valence-electron chi connectivity index (χ1n) is 7.64. The van der Waals surface area contributed by atoms with Gasteiger partial charge in [-0.1, -0.05) is 6.07 Å². The minimum absolute atomic E-state index is 0.0664. The van der Waals surface area contributed by atoms with Crippen molar-refractivity contribution >= 4 is 23.2 Å². The van der Waals surface area contributed by atoms with Crippen molar-refractivity contribution < 1.29 is 18.7 Å². The monoisotopic (exact) mass is 345 g/mol. The van der Waals surface area contributed by atoms with Crippen LogP contribution >= 0.6 is 0 Å². The average molecular weight is 345 g/mol. The topological polar surface area (TPSA) is 79.5 Å². The number of benzene rings is 2. The molecule has 132 valence electrons. The number of anilines is 2. The van der Waals surface area contributed by atoms with E-state index in [1.807, 2.05) is 0 Å². The SMILES string of the molecule is CNC(=O)c1ccc(OC)c(NCC(=O)Nc2ccc(C)c(F)c2)c1. The van der Waals surface area contributed by atoms with Gasteiger partial charge in [0.2, 0.25) is 5.91 Å². The molecular formula is C18H20FN3O3. The first-order valence-corrected chi connectivity index (χ1v) is 7.64. The van der Waals surface area contributed by atoms with Crippen molar-refractivity contribution in [2.24, 2.45) is 0 Å². The van der Waals surface area contributed by atoms with Crippen molar-refractivity contribution in [1.29, 1.82) is 0 Å². The number of ether oxygens (including phenoxy) is 1. The van der Waals surface area contributed by atoms with Gasteiger partial charge in [0.05, 0.1) is 19.3 Å². The van der Waals surface area contributed by atoms with Crippen molar-refractivity contribution in [1.82, 2.24) is 5.32 Å². The minimum atomic E-state index is -0.384. The van der Waals surface area contributed by atoms with Gasteiger partial charge in [0, 0.05) is 18.3 Å². The Bertz CT molecular complexity index is 793. The molecule has 0 heterocycles. The summed E-state index contributed by atoms with van der Waals surface area (Å²) in [6, 6.07) is 9.34. The van der Waals surface area contributed by atoms with Crippen LogP contribution in [0.3, 0.4) is 0 Å². The second kappa shape index (κ2) is 8.14. The number of halogens is 1. The lowest BCUT2D eigenvalue weighted by Gasteiger charge is -2.13. The molecule has 6 nitrogen and oxygen atoms in total. The molecule has 0 aromatic heterocycles. The Labute approximate surface area is 145 Å². The van der Waals surface area contributed by atoms with E-state index >= 15 is 0 Å². The van der Waals surface area contributed by atoms with Gasteiger partial charge in [-0.05, 0) is 42.8 Å². The quantitative estimate of drug-likeness (QED) is 0.752. The van der Waals surface area contributed by atoms with Crippen LogP contribution in [0.2, 0.25) is 0 Å². The highest BCUT2D eigenvalue weighted by Gasteiger charge is 2.11. The Morgan fingerprint density at radius 1 is 1.16 bits per heavy atom. The summed E-state index contributed by atoms with van der Waals surface area (Å²) in [5.41, 5.74) is 1.83. The second-order valence-electron chi connectivity index (χ2n) is 5.36. The van der Waals surface area contributed by atoms with Crippen molar-refractivity contribution in [3.05, 3.63) is 53.3 Å². The summed E-state index contributed by atoms with van der Waals surface area (Å²) in [5.74, 6) is -0.478. The molecule has 0 unspecified atom stereocenters. The van der Waals surface area contributed by atoms with Crippen molar-refractivity contribution in [2.45, 2.75) is 6.92 Å². The van der Waals surface area contributed by atoms with E-state index in [1.54, 1.807) is 37.3 Å². The molecule has 0 fully saturated rings. The van der Waals surface area contributed by atoms with Gasteiger partial charge in [0.1, 0.15) is 11.6 Å². The molecule has 7 heteroatoms. The third-order valence-corrected chi connectivity index (χ3v) is 3.58. The number of methoxy groups -OCH3 is 1. The van der Waals surface area contributed by atoms with E-state index in [1.165, 1.54) is 20.2 Å². The lowest BCUT2D eigenvalue weighted by atomic mass is 10.1. The summed E-state index contributed by atoms with van der Waals surface area (Å²) < 4.78 is 18.7. The van der Waals surface area contributed by atoms with Crippen LogP contribution in [-0.2, 0) is 4.79 Å². The highest BCUT2D eigenvalue weighted by Crippen LogP contribution is 2.25. The summed E-state index contributed by atoms with van der Waals surface area (Å²) in [4.78, 5) is 23.7. The number of rotatable bonds is 6. The van der Waals surface area contributed by atoms with E-state index in [0.29, 0.717) is 28.3 Å². The largest absolute Gasteiger partial charge is 0.495 e. The van der Waals surface area contributed by atoms with E-state index in [9.17, 15) is 14.0 Å². The van der Waals surface area contributed by atoms with Gasteiger partial charge in [0.15, 0.2) is 0 Å². The van der Waals surface area contributed by atoms with E-state index in [0.717, 1.165) is 0 Å². The molecule has 0 atom stereocenters. The number of amides is 2. The van der Waals surface area contributed by atoms with Gasteiger partial charge in [-0.25, -0.2) is 4.39 Å². The van der Waals surface area contributed by atoms with Crippen LogP contribution < -0.4 is 20.7 Å². The van der Waals surface area contributed by atoms with E-state index in [2.05, 4.69) is 16.0 Å². The third-order valence-electron chi connectivity index (χ3n) is 3.58. The summed E-state index contributed by atoms with van der Waals surface area (Å²) in [7, 11) is 3.03. The van der Waals surface area contributed by atoms with E-state index < -0.39 is 0 Å². The molecule has 3 N–H and O–H groups in total. The Kier molecular flexibility index (Phi) is 5.94. The van der Waals surface area contributed by atoms with Crippen LogP contribution in [0.15, 0.2) is 36.4 Å². The Balaban J connectivity index is 2.05. The standard InChI is InChI=1S/C18H20FN3O3/c1-11-4-6-13(9-14(11)19)22-17(23)10-21-15-8-12(18(24)20-2)5-7-16(15)25-3/h4-9,21H,10H2,1-3H3,(H,20,24)(H,22,23). The Hall–Kier alpha value is -3.09. The van der Waals surface area contributed by atoms with Crippen LogP contribution in [0.25, 0.3) is 0 Å². The number of hydrogen-bond donors (Lipinski definition) is 3. The first kappa shape index (κ1) is 18.3. The zero-order chi connectivity index (χ0) is 18.4. The maximum absolute atomic E-state index is 13.5. The summed E-state index contributed by atoms with van der Waals surface area (Å²) in [6.07, 6.45) is 0. The predicted molar refractivity (Wildman–Crippen MR) is 94.6 cm³/mol. The normalized spacial score (nSPS) is 10.1. The lowest BCUT2D eigenvalue weighted by Crippen LogP contribution is -2.22. The number of carbonyl (C=O) groups excluding carboxylic acids is 2. The maximum Gasteiger partial charge on any atom is 0.251 e. The van der Waals surface area contributed by atoms with Gasteiger partial charge in [-0.15, -0.1) is 0 Å². The van der Waals surface area contributed by atoms with Crippen molar-refractivity contribution in [3.63, 3.8) is 0 Å². The molecule has 0 aliphatic heterocycles. The lowest BCUT2D eigenvalue weighted by molar-refractivity contribution is -0.114. The third kappa shape index (κ3) is 4.69. The smallest absolute Gasteiger partial charge is 0.251 e. The molecule has 2 rings (SSSR count). The molecule has 25 heavy (non-hydrogen) atoms. The van der Waals surface area contributed by atoms with Crippen LogP contribution in [-0.4, -0.2) is 32.5 Å². The summed E-state index contributed by atoms with van der Waals surface area (Å²) >= 11 is 0. The van der Waals surface area contributed by atoms with Crippen LogP contribution in [0.5, 0.6) is 5.75 Å². The molecule has 0 radical (unpaired) electrons. The molecule has 0 spiro atoms. The number of aryl methyl sites for hydroxylation is 1. The molecule has 0 bridgehead atoms. The summed E-state index contributed by atoms with van der Waals surface area (Å²) in [5, 5.41) is 8.05. The van der Waals surface area contributed by atoms with Gasteiger partial charge in [-0.3, -0.25) is 9.59 Å². The number of hydrogen-bond acceptors (Lipinski definition) is 4. The van der Waals surface area contributed by atoms with Crippen LogP contribution in [0, 0.1) is 12.7 Å². The fourth-order valence-electron chi connectivity index (χ4n) is 2.18. The number of nitrogens with one attached hydrogen (secondary N) is 3. The van der Waals surface area contributed by atoms with Crippen LogP contribution in [0.1, 0.15) is 15.9 Å².